The smallest absolute Gasteiger partial charge is 0.265 e. The van der Waals surface area contributed by atoms with Gasteiger partial charge in [0.25, 0.3) is 5.91 Å². The van der Waals surface area contributed by atoms with Crippen molar-refractivity contribution in [2.24, 2.45) is 0 Å². The van der Waals surface area contributed by atoms with Gasteiger partial charge in [-0.3, -0.25) is 14.5 Å². The summed E-state index contributed by atoms with van der Waals surface area (Å²) in [5, 5.41) is 4.80. The van der Waals surface area contributed by atoms with E-state index < -0.39 is 5.82 Å². The Morgan fingerprint density at radius 2 is 1.86 bits per heavy atom. The Kier molecular flexibility index (Phi) is 5.78. The van der Waals surface area contributed by atoms with Crippen LogP contribution in [0.25, 0.3) is 6.08 Å². The van der Waals surface area contributed by atoms with Gasteiger partial charge in [0.05, 0.1) is 17.1 Å². The number of amides is 2. The monoisotopic (exact) mass is 424 g/mol. The number of carbonyl (C=O) groups excluding carboxylic acids is 2. The molecule has 2 aromatic carbocycles. The van der Waals surface area contributed by atoms with Crippen molar-refractivity contribution in [3.8, 4) is 0 Å². The summed E-state index contributed by atoms with van der Waals surface area (Å²) in [5.74, 6) is -0.963. The van der Waals surface area contributed by atoms with Crippen molar-refractivity contribution in [2.45, 2.75) is 11.4 Å². The van der Waals surface area contributed by atoms with Gasteiger partial charge >= 0.3 is 0 Å². The number of hydrogen-bond acceptors (Lipinski definition) is 4. The minimum Gasteiger partial charge on any atom is -0.350 e. The van der Waals surface area contributed by atoms with Gasteiger partial charge < -0.3 is 5.32 Å². The van der Waals surface area contributed by atoms with Crippen LogP contribution in [0.4, 0.5) is 10.1 Å². The third kappa shape index (κ3) is 4.41. The lowest BCUT2D eigenvalue weighted by Crippen LogP contribution is -2.42. The molecule has 2 amide bonds. The predicted molar refractivity (Wildman–Crippen MR) is 115 cm³/mol. The number of nitrogens with one attached hydrogen (secondary N) is 1. The zero-order valence-corrected chi connectivity index (χ0v) is 16.9. The molecule has 0 fully saturated rings. The molecule has 0 saturated carbocycles. The van der Waals surface area contributed by atoms with E-state index in [4.69, 9.17) is 0 Å². The van der Waals surface area contributed by atoms with Crippen LogP contribution in [0.5, 0.6) is 0 Å². The average Bonchev–Trinajstić information content (AvgIpc) is 3.25. The number of thiophene rings is 1. The first-order valence-electron chi connectivity index (χ1n) is 8.96. The molecule has 2 heterocycles. The summed E-state index contributed by atoms with van der Waals surface area (Å²) in [5.41, 5.74) is 1.02. The number of thioether (sulfide) groups is 1. The topological polar surface area (TPSA) is 49.4 Å². The van der Waals surface area contributed by atoms with Gasteiger partial charge in [0, 0.05) is 15.3 Å². The highest BCUT2D eigenvalue weighted by molar-refractivity contribution is 8.04. The van der Waals surface area contributed by atoms with Crippen molar-refractivity contribution in [1.29, 1.82) is 0 Å². The second-order valence-corrected chi connectivity index (χ2v) is 8.46. The van der Waals surface area contributed by atoms with Gasteiger partial charge in [-0.1, -0.05) is 48.2 Å². The summed E-state index contributed by atoms with van der Waals surface area (Å²) in [6.45, 7) is 0.323. The average molecular weight is 425 g/mol. The lowest BCUT2D eigenvalue weighted by Gasteiger charge is -2.29. The van der Waals surface area contributed by atoms with Gasteiger partial charge in [0.15, 0.2) is 0 Å². The molecule has 0 radical (unpaired) electrons. The standard InChI is InChI=1S/C22H17FN2O2S2/c23-17-8-2-1-6-15(17)12-20-22(27)25(18-9-3-4-10-19(18)29-20)14-21(26)24-13-16-7-5-11-28-16/h1-12H,13-14H2,(H,24,26). The second kappa shape index (κ2) is 8.63. The third-order valence-corrected chi connectivity index (χ3v) is 6.32. The van der Waals surface area contributed by atoms with E-state index in [1.165, 1.54) is 28.8 Å². The Balaban J connectivity index is 1.59. The molecule has 0 aliphatic carbocycles. The van der Waals surface area contributed by atoms with E-state index in [0.717, 1.165) is 9.77 Å². The number of anilines is 1. The summed E-state index contributed by atoms with van der Waals surface area (Å²) in [6, 6.07) is 17.6. The molecule has 0 unspecified atom stereocenters. The van der Waals surface area contributed by atoms with Crippen LogP contribution in [0.3, 0.4) is 0 Å². The van der Waals surface area contributed by atoms with Crippen molar-refractivity contribution in [2.75, 3.05) is 11.4 Å². The lowest BCUT2D eigenvalue weighted by atomic mass is 10.2. The number of fused-ring (bicyclic) bond motifs is 1. The van der Waals surface area contributed by atoms with Crippen LogP contribution in [-0.4, -0.2) is 18.4 Å². The minimum atomic E-state index is -0.396. The number of rotatable bonds is 5. The SMILES string of the molecule is O=C(CN1C(=O)C(=Cc2ccccc2F)Sc2ccccc21)NCc1cccs1. The van der Waals surface area contributed by atoms with Crippen LogP contribution < -0.4 is 10.2 Å². The normalized spacial score (nSPS) is 14.7. The van der Waals surface area contributed by atoms with E-state index in [-0.39, 0.29) is 18.4 Å². The van der Waals surface area contributed by atoms with Gasteiger partial charge in [-0.2, -0.15) is 0 Å². The molecule has 0 atom stereocenters. The predicted octanol–water partition coefficient (Wildman–Crippen LogP) is 4.68. The quantitative estimate of drug-likeness (QED) is 0.605. The van der Waals surface area contributed by atoms with Crippen LogP contribution >= 0.6 is 23.1 Å². The van der Waals surface area contributed by atoms with Gasteiger partial charge in [0.2, 0.25) is 5.91 Å². The molecular formula is C22H17FN2O2S2. The van der Waals surface area contributed by atoms with Crippen molar-refractivity contribution in [1.82, 2.24) is 5.32 Å². The molecule has 146 valence electrons. The summed E-state index contributed by atoms with van der Waals surface area (Å²) in [6.07, 6.45) is 1.54. The zero-order valence-electron chi connectivity index (χ0n) is 15.3. The molecule has 1 aliphatic heterocycles. The first-order valence-corrected chi connectivity index (χ1v) is 10.7. The fourth-order valence-electron chi connectivity index (χ4n) is 2.95. The van der Waals surface area contributed by atoms with Crippen molar-refractivity contribution >= 4 is 46.7 Å². The molecular weight excluding hydrogens is 407 g/mol. The number of hydrogen-bond donors (Lipinski definition) is 1. The maximum absolute atomic E-state index is 14.1. The van der Waals surface area contributed by atoms with E-state index in [0.29, 0.717) is 22.7 Å². The highest BCUT2D eigenvalue weighted by Gasteiger charge is 2.30. The summed E-state index contributed by atoms with van der Waals surface area (Å²) >= 11 is 2.84. The molecule has 1 N–H and O–H groups in total. The Hall–Kier alpha value is -2.90. The van der Waals surface area contributed by atoms with E-state index in [1.54, 1.807) is 29.5 Å². The number of para-hydroxylation sites is 1. The van der Waals surface area contributed by atoms with E-state index in [9.17, 15) is 14.0 Å². The van der Waals surface area contributed by atoms with Crippen LogP contribution in [-0.2, 0) is 16.1 Å². The molecule has 1 aromatic heterocycles. The van der Waals surface area contributed by atoms with E-state index in [2.05, 4.69) is 5.32 Å². The summed E-state index contributed by atoms with van der Waals surface area (Å²) in [7, 11) is 0. The van der Waals surface area contributed by atoms with E-state index in [1.807, 2.05) is 41.8 Å². The maximum Gasteiger partial charge on any atom is 0.265 e. The minimum absolute atomic E-state index is 0.101. The molecule has 0 saturated heterocycles. The Morgan fingerprint density at radius 3 is 2.66 bits per heavy atom. The van der Waals surface area contributed by atoms with Crippen LogP contribution in [0.2, 0.25) is 0 Å². The van der Waals surface area contributed by atoms with Gasteiger partial charge in [-0.05, 0) is 35.7 Å². The fraction of sp³-hybridized carbons (Fsp3) is 0.0909. The summed E-state index contributed by atoms with van der Waals surface area (Å²) in [4.78, 5) is 29.3. The Bertz CT molecular complexity index is 1080. The third-order valence-electron chi connectivity index (χ3n) is 4.37. The maximum atomic E-state index is 14.1. The summed E-state index contributed by atoms with van der Waals surface area (Å²) < 4.78 is 14.1. The molecule has 1 aliphatic rings. The first kappa shape index (κ1) is 19.4. The number of benzene rings is 2. The van der Waals surface area contributed by atoms with Crippen LogP contribution in [0, 0.1) is 5.82 Å². The number of nitrogens with zero attached hydrogens (tertiary/aromatic N) is 1. The molecule has 3 aromatic rings. The number of carbonyl (C=O) groups is 2. The van der Waals surface area contributed by atoms with Crippen molar-refractivity contribution in [3.63, 3.8) is 0 Å². The van der Waals surface area contributed by atoms with Crippen molar-refractivity contribution < 1.29 is 14.0 Å². The van der Waals surface area contributed by atoms with Crippen molar-refractivity contribution in [3.05, 3.63) is 87.2 Å². The van der Waals surface area contributed by atoms with Crippen LogP contribution in [0.15, 0.2) is 75.8 Å². The lowest BCUT2D eigenvalue weighted by molar-refractivity contribution is -0.122. The highest BCUT2D eigenvalue weighted by Crippen LogP contribution is 2.42. The fourth-order valence-corrected chi connectivity index (χ4v) is 4.65. The largest absolute Gasteiger partial charge is 0.350 e. The second-order valence-electron chi connectivity index (χ2n) is 6.35. The molecule has 7 heteroatoms. The number of halogens is 1. The Labute approximate surface area is 176 Å². The zero-order chi connectivity index (χ0) is 20.2. The molecule has 0 bridgehead atoms. The van der Waals surface area contributed by atoms with Gasteiger partial charge in [-0.25, -0.2) is 4.39 Å². The first-order chi connectivity index (χ1) is 14.1. The van der Waals surface area contributed by atoms with Crippen LogP contribution in [0.1, 0.15) is 10.4 Å². The Morgan fingerprint density at radius 1 is 1.07 bits per heavy atom. The molecule has 0 spiro atoms. The van der Waals surface area contributed by atoms with Gasteiger partial charge in [-0.15, -0.1) is 11.3 Å². The molecule has 4 rings (SSSR count). The van der Waals surface area contributed by atoms with E-state index >= 15 is 0 Å². The highest BCUT2D eigenvalue weighted by atomic mass is 32.2. The van der Waals surface area contributed by atoms with Gasteiger partial charge in [0.1, 0.15) is 12.4 Å². The molecule has 29 heavy (non-hydrogen) atoms. The molecule has 4 nitrogen and oxygen atoms in total.